The van der Waals surface area contributed by atoms with Crippen molar-refractivity contribution in [3.63, 3.8) is 0 Å². The first kappa shape index (κ1) is 22.2. The molecule has 30 heavy (non-hydrogen) atoms. The fraction of sp³-hybridized carbons (Fsp3) is 0.409. The van der Waals surface area contributed by atoms with Crippen molar-refractivity contribution < 1.29 is 17.6 Å². The van der Waals surface area contributed by atoms with Crippen LogP contribution in [0.25, 0.3) is 0 Å². The van der Waals surface area contributed by atoms with Crippen LogP contribution in [0, 0.1) is 5.82 Å². The zero-order valence-electron chi connectivity index (χ0n) is 17.4. The standard InChI is InChI=1S/C22H28FN3O3S/c1-25(2)30(28,29)19-10-11-21(26-14-4-3-5-15-26)20(16-19)22(27)24-13-12-17-6-8-18(23)9-7-17/h6-11,16H,3-5,12-15H2,1-2H3,(H,24,27). The summed E-state index contributed by atoms with van der Waals surface area (Å²) in [5.74, 6) is -0.610. The molecule has 6 nitrogen and oxygen atoms in total. The van der Waals surface area contributed by atoms with Gasteiger partial charge in [0.05, 0.1) is 10.5 Å². The number of piperidine rings is 1. The number of anilines is 1. The number of carbonyl (C=O) groups excluding carboxylic acids is 1. The molecular weight excluding hydrogens is 405 g/mol. The SMILES string of the molecule is CN(C)S(=O)(=O)c1ccc(N2CCCCC2)c(C(=O)NCCc2ccc(F)cc2)c1. The molecule has 2 aromatic rings. The summed E-state index contributed by atoms with van der Waals surface area (Å²) in [5.41, 5.74) is 2.03. The number of hydrogen-bond acceptors (Lipinski definition) is 4. The summed E-state index contributed by atoms with van der Waals surface area (Å²) in [7, 11) is -0.712. The van der Waals surface area contributed by atoms with Gasteiger partial charge in [-0.1, -0.05) is 12.1 Å². The Morgan fingerprint density at radius 2 is 1.73 bits per heavy atom. The molecule has 0 bridgehead atoms. The number of carbonyl (C=O) groups is 1. The van der Waals surface area contributed by atoms with Crippen molar-refractivity contribution in [3.8, 4) is 0 Å². The number of nitrogens with one attached hydrogen (secondary N) is 1. The van der Waals surface area contributed by atoms with Crippen molar-refractivity contribution in [2.75, 3.05) is 38.6 Å². The van der Waals surface area contributed by atoms with Gasteiger partial charge >= 0.3 is 0 Å². The van der Waals surface area contributed by atoms with Crippen LogP contribution in [0.2, 0.25) is 0 Å². The van der Waals surface area contributed by atoms with Gasteiger partial charge in [-0.2, -0.15) is 0 Å². The Kier molecular flexibility index (Phi) is 7.10. The summed E-state index contributed by atoms with van der Waals surface area (Å²) < 4.78 is 39.3. The molecule has 8 heteroatoms. The topological polar surface area (TPSA) is 69.7 Å². The molecule has 162 valence electrons. The van der Waals surface area contributed by atoms with Crippen molar-refractivity contribution in [2.24, 2.45) is 0 Å². The minimum atomic E-state index is -3.65. The Morgan fingerprint density at radius 3 is 2.37 bits per heavy atom. The van der Waals surface area contributed by atoms with Crippen molar-refractivity contribution in [1.82, 2.24) is 9.62 Å². The smallest absolute Gasteiger partial charge is 0.253 e. The fourth-order valence-corrected chi connectivity index (χ4v) is 4.47. The first-order chi connectivity index (χ1) is 14.3. The number of sulfonamides is 1. The molecule has 1 saturated heterocycles. The molecule has 0 radical (unpaired) electrons. The molecule has 0 saturated carbocycles. The number of benzene rings is 2. The third-order valence-corrected chi connectivity index (χ3v) is 7.11. The zero-order valence-corrected chi connectivity index (χ0v) is 18.2. The third kappa shape index (κ3) is 5.17. The van der Waals surface area contributed by atoms with E-state index in [1.54, 1.807) is 24.3 Å². The minimum Gasteiger partial charge on any atom is -0.371 e. The first-order valence-electron chi connectivity index (χ1n) is 10.1. The molecule has 1 amide bonds. The highest BCUT2D eigenvalue weighted by Gasteiger charge is 2.24. The summed E-state index contributed by atoms with van der Waals surface area (Å²) in [6.45, 7) is 2.06. The van der Waals surface area contributed by atoms with Crippen LogP contribution in [0.3, 0.4) is 0 Å². The number of nitrogens with zero attached hydrogens (tertiary/aromatic N) is 2. The Balaban J connectivity index is 1.82. The molecule has 0 aliphatic carbocycles. The summed E-state index contributed by atoms with van der Waals surface area (Å²) in [6.07, 6.45) is 3.80. The average Bonchev–Trinajstić information content (AvgIpc) is 2.75. The molecule has 0 aromatic heterocycles. The predicted molar refractivity (Wildman–Crippen MR) is 116 cm³/mol. The molecule has 3 rings (SSSR count). The third-order valence-electron chi connectivity index (χ3n) is 5.30. The van der Waals surface area contributed by atoms with Crippen molar-refractivity contribution in [3.05, 3.63) is 59.4 Å². The van der Waals surface area contributed by atoms with E-state index in [2.05, 4.69) is 10.2 Å². The van der Waals surface area contributed by atoms with E-state index in [1.807, 2.05) is 0 Å². The largest absolute Gasteiger partial charge is 0.371 e. The summed E-state index contributed by atoms with van der Waals surface area (Å²) in [4.78, 5) is 15.2. The van der Waals surface area contributed by atoms with E-state index in [-0.39, 0.29) is 16.6 Å². The maximum absolute atomic E-state index is 13.0. The zero-order chi connectivity index (χ0) is 21.7. The average molecular weight is 434 g/mol. The van der Waals surface area contributed by atoms with Gasteiger partial charge in [0.1, 0.15) is 5.82 Å². The van der Waals surface area contributed by atoms with Crippen molar-refractivity contribution in [2.45, 2.75) is 30.6 Å². The Labute approximate surface area is 177 Å². The Hall–Kier alpha value is -2.45. The summed E-state index contributed by atoms with van der Waals surface area (Å²) >= 11 is 0. The molecule has 0 unspecified atom stereocenters. The number of hydrogen-bond donors (Lipinski definition) is 1. The van der Waals surface area contributed by atoms with Gasteiger partial charge in [0, 0.05) is 39.4 Å². The second-order valence-electron chi connectivity index (χ2n) is 7.65. The number of amides is 1. The summed E-state index contributed by atoms with van der Waals surface area (Å²) in [5, 5.41) is 2.88. The fourth-order valence-electron chi connectivity index (χ4n) is 3.55. The second kappa shape index (κ2) is 9.57. The maximum atomic E-state index is 13.0. The van der Waals surface area contributed by atoms with Gasteiger partial charge in [-0.15, -0.1) is 0 Å². The van der Waals surface area contributed by atoms with E-state index >= 15 is 0 Å². The van der Waals surface area contributed by atoms with E-state index in [1.165, 1.54) is 32.3 Å². The molecule has 1 fully saturated rings. The van der Waals surface area contributed by atoms with Crippen molar-refractivity contribution in [1.29, 1.82) is 0 Å². The quantitative estimate of drug-likeness (QED) is 0.729. The van der Waals surface area contributed by atoms with Crippen LogP contribution < -0.4 is 10.2 Å². The molecule has 2 aromatic carbocycles. The molecule has 1 heterocycles. The van der Waals surface area contributed by atoms with E-state index in [4.69, 9.17) is 0 Å². The van der Waals surface area contributed by atoms with Crippen LogP contribution in [0.4, 0.5) is 10.1 Å². The summed E-state index contributed by atoms with van der Waals surface area (Å²) in [6, 6.07) is 10.9. The van der Waals surface area contributed by atoms with Gasteiger partial charge in [0.2, 0.25) is 10.0 Å². The van der Waals surface area contributed by atoms with Crippen LogP contribution >= 0.6 is 0 Å². The second-order valence-corrected chi connectivity index (χ2v) is 9.80. The Morgan fingerprint density at radius 1 is 1.07 bits per heavy atom. The molecular formula is C22H28FN3O3S. The highest BCUT2D eigenvalue weighted by Crippen LogP contribution is 2.28. The molecule has 0 spiro atoms. The monoisotopic (exact) mass is 433 g/mol. The van der Waals surface area contributed by atoms with Crippen LogP contribution in [-0.4, -0.2) is 52.4 Å². The minimum absolute atomic E-state index is 0.0944. The normalized spacial score (nSPS) is 14.7. The molecule has 0 atom stereocenters. The van der Waals surface area contributed by atoms with E-state index in [9.17, 15) is 17.6 Å². The lowest BCUT2D eigenvalue weighted by molar-refractivity contribution is 0.0954. The van der Waals surface area contributed by atoms with Gasteiger partial charge in [0.15, 0.2) is 0 Å². The van der Waals surface area contributed by atoms with E-state index in [0.717, 1.165) is 47.9 Å². The number of rotatable bonds is 7. The van der Waals surface area contributed by atoms with Gasteiger partial charge in [-0.3, -0.25) is 4.79 Å². The van der Waals surface area contributed by atoms with Crippen LogP contribution in [0.5, 0.6) is 0 Å². The Bertz CT molecular complexity index is 985. The molecule has 1 aliphatic rings. The van der Waals surface area contributed by atoms with Crippen LogP contribution in [-0.2, 0) is 16.4 Å². The van der Waals surface area contributed by atoms with Gasteiger partial charge in [0.25, 0.3) is 5.91 Å². The number of halogens is 1. The van der Waals surface area contributed by atoms with Gasteiger partial charge < -0.3 is 10.2 Å². The lowest BCUT2D eigenvalue weighted by Crippen LogP contribution is -2.33. The van der Waals surface area contributed by atoms with E-state index in [0.29, 0.717) is 18.5 Å². The van der Waals surface area contributed by atoms with E-state index < -0.39 is 10.0 Å². The lowest BCUT2D eigenvalue weighted by Gasteiger charge is -2.30. The molecule has 1 aliphatic heterocycles. The van der Waals surface area contributed by atoms with Crippen LogP contribution in [0.1, 0.15) is 35.2 Å². The predicted octanol–water partition coefficient (Wildman–Crippen LogP) is 3.04. The van der Waals surface area contributed by atoms with Gasteiger partial charge in [-0.25, -0.2) is 17.1 Å². The lowest BCUT2D eigenvalue weighted by atomic mass is 10.1. The van der Waals surface area contributed by atoms with Gasteiger partial charge in [-0.05, 0) is 61.6 Å². The highest BCUT2D eigenvalue weighted by atomic mass is 32.2. The van der Waals surface area contributed by atoms with Crippen molar-refractivity contribution >= 4 is 21.6 Å². The molecule has 1 N–H and O–H groups in total. The first-order valence-corrected chi connectivity index (χ1v) is 11.6. The maximum Gasteiger partial charge on any atom is 0.253 e. The highest BCUT2D eigenvalue weighted by molar-refractivity contribution is 7.89. The van der Waals surface area contributed by atoms with Crippen LogP contribution in [0.15, 0.2) is 47.4 Å².